The van der Waals surface area contributed by atoms with Gasteiger partial charge in [-0.05, 0) is 34.7 Å². The summed E-state index contributed by atoms with van der Waals surface area (Å²) in [5.41, 5.74) is 2.61. The second kappa shape index (κ2) is 5.56. The summed E-state index contributed by atoms with van der Waals surface area (Å²) in [5.74, 6) is -0.683. The Hall–Kier alpha value is -2.30. The van der Waals surface area contributed by atoms with Gasteiger partial charge in [0.1, 0.15) is 13.2 Å². The smallest absolute Gasteiger partial charge is 0.302 e. The standard InChI is InChI=1S/C14H15NO4/c1-9(16)18-7-12-5-11-3-4-15-14(11)6-13(12)8-19-10(2)17/h3-6,15H,7-8H2,1-2H3. The van der Waals surface area contributed by atoms with Crippen LogP contribution in [0.3, 0.4) is 0 Å². The number of benzene rings is 1. The summed E-state index contributed by atoms with van der Waals surface area (Å²) in [7, 11) is 0. The zero-order valence-electron chi connectivity index (χ0n) is 10.9. The molecule has 5 nitrogen and oxygen atoms in total. The van der Waals surface area contributed by atoms with Gasteiger partial charge in [-0.15, -0.1) is 0 Å². The molecule has 0 aliphatic heterocycles. The number of fused-ring (bicyclic) bond motifs is 1. The molecule has 0 saturated carbocycles. The van der Waals surface area contributed by atoms with Crippen molar-refractivity contribution in [2.45, 2.75) is 27.1 Å². The molecule has 1 heterocycles. The van der Waals surface area contributed by atoms with Crippen LogP contribution in [0, 0.1) is 0 Å². The average Bonchev–Trinajstić information content (AvgIpc) is 2.79. The van der Waals surface area contributed by atoms with Gasteiger partial charge in [-0.2, -0.15) is 0 Å². The van der Waals surface area contributed by atoms with E-state index in [-0.39, 0.29) is 25.2 Å². The van der Waals surface area contributed by atoms with Gasteiger partial charge >= 0.3 is 11.9 Å². The third kappa shape index (κ3) is 3.34. The Morgan fingerprint density at radius 2 is 1.63 bits per heavy atom. The van der Waals surface area contributed by atoms with Crippen LogP contribution in [0.5, 0.6) is 0 Å². The molecule has 0 atom stereocenters. The number of aromatic nitrogens is 1. The van der Waals surface area contributed by atoms with Crippen LogP contribution in [0.25, 0.3) is 10.9 Å². The molecule has 5 heteroatoms. The third-order valence-electron chi connectivity index (χ3n) is 2.74. The molecule has 1 aromatic heterocycles. The van der Waals surface area contributed by atoms with Crippen molar-refractivity contribution < 1.29 is 19.1 Å². The molecule has 100 valence electrons. The van der Waals surface area contributed by atoms with Gasteiger partial charge in [-0.3, -0.25) is 9.59 Å². The maximum atomic E-state index is 10.9. The van der Waals surface area contributed by atoms with Crippen LogP contribution < -0.4 is 0 Å². The Bertz CT molecular complexity index is 563. The number of hydrogen-bond donors (Lipinski definition) is 1. The molecule has 0 radical (unpaired) electrons. The van der Waals surface area contributed by atoms with Crippen LogP contribution in [0.15, 0.2) is 24.4 Å². The maximum absolute atomic E-state index is 10.9. The maximum Gasteiger partial charge on any atom is 0.302 e. The number of nitrogens with one attached hydrogen (secondary N) is 1. The third-order valence-corrected chi connectivity index (χ3v) is 2.74. The Balaban J connectivity index is 2.29. The summed E-state index contributed by atoms with van der Waals surface area (Å²) in [6.07, 6.45) is 1.83. The summed E-state index contributed by atoms with van der Waals surface area (Å²) in [4.78, 5) is 24.9. The number of rotatable bonds is 4. The minimum atomic E-state index is -0.343. The molecular weight excluding hydrogens is 246 g/mol. The van der Waals surface area contributed by atoms with Crippen molar-refractivity contribution >= 4 is 22.8 Å². The SMILES string of the molecule is CC(=O)OCc1cc2cc[nH]c2cc1COC(C)=O. The molecule has 0 aliphatic carbocycles. The predicted octanol–water partition coefficient (Wildman–Crippen LogP) is 2.29. The molecule has 2 rings (SSSR count). The van der Waals surface area contributed by atoms with Crippen LogP contribution in [0.1, 0.15) is 25.0 Å². The minimum absolute atomic E-state index is 0.168. The zero-order chi connectivity index (χ0) is 13.8. The molecule has 2 aromatic rings. The quantitative estimate of drug-likeness (QED) is 0.857. The van der Waals surface area contributed by atoms with Crippen LogP contribution in [0.4, 0.5) is 0 Å². The average molecular weight is 261 g/mol. The first-order chi connectivity index (χ1) is 9.06. The Morgan fingerprint density at radius 1 is 1.05 bits per heavy atom. The highest BCUT2D eigenvalue weighted by Gasteiger charge is 2.09. The largest absolute Gasteiger partial charge is 0.461 e. The molecule has 1 N–H and O–H groups in total. The predicted molar refractivity (Wildman–Crippen MR) is 69.2 cm³/mol. The highest BCUT2D eigenvalue weighted by Crippen LogP contribution is 2.21. The van der Waals surface area contributed by atoms with Crippen molar-refractivity contribution in [2.24, 2.45) is 0 Å². The van der Waals surface area contributed by atoms with Gasteiger partial charge in [0.15, 0.2) is 0 Å². The molecule has 0 amide bonds. The van der Waals surface area contributed by atoms with Crippen LogP contribution in [-0.2, 0) is 32.3 Å². The summed E-state index contributed by atoms with van der Waals surface area (Å²) in [6.45, 7) is 3.06. The lowest BCUT2D eigenvalue weighted by atomic mass is 10.1. The fourth-order valence-electron chi connectivity index (χ4n) is 1.82. The number of aromatic amines is 1. The van der Waals surface area contributed by atoms with E-state index in [1.165, 1.54) is 13.8 Å². The number of H-pyrrole nitrogens is 1. The normalized spacial score (nSPS) is 10.4. The fourth-order valence-corrected chi connectivity index (χ4v) is 1.82. The van der Waals surface area contributed by atoms with Crippen molar-refractivity contribution in [3.63, 3.8) is 0 Å². The number of carbonyl (C=O) groups excluding carboxylic acids is 2. The first-order valence-electron chi connectivity index (χ1n) is 5.92. The van der Waals surface area contributed by atoms with E-state index in [4.69, 9.17) is 9.47 Å². The van der Waals surface area contributed by atoms with Gasteiger partial charge in [-0.25, -0.2) is 0 Å². The fraction of sp³-hybridized carbons (Fsp3) is 0.286. The Morgan fingerprint density at radius 3 is 2.21 bits per heavy atom. The van der Waals surface area contributed by atoms with Gasteiger partial charge in [0.2, 0.25) is 0 Å². The number of carbonyl (C=O) groups is 2. The molecule has 0 fully saturated rings. The second-order valence-corrected chi connectivity index (χ2v) is 4.25. The highest BCUT2D eigenvalue weighted by molar-refractivity contribution is 5.81. The van der Waals surface area contributed by atoms with E-state index in [2.05, 4.69) is 4.98 Å². The lowest BCUT2D eigenvalue weighted by Gasteiger charge is -2.10. The van der Waals surface area contributed by atoms with Crippen molar-refractivity contribution in [3.05, 3.63) is 35.5 Å². The number of esters is 2. The zero-order valence-corrected chi connectivity index (χ0v) is 10.9. The highest BCUT2D eigenvalue weighted by atomic mass is 16.5. The van der Waals surface area contributed by atoms with Gasteiger partial charge in [0, 0.05) is 25.6 Å². The van der Waals surface area contributed by atoms with E-state index < -0.39 is 0 Å². The van der Waals surface area contributed by atoms with Crippen molar-refractivity contribution in [1.29, 1.82) is 0 Å². The Labute approximate surface area is 110 Å². The van der Waals surface area contributed by atoms with Gasteiger partial charge in [-0.1, -0.05) is 0 Å². The molecule has 0 bridgehead atoms. The first kappa shape index (κ1) is 13.1. The van der Waals surface area contributed by atoms with Gasteiger partial charge < -0.3 is 14.5 Å². The molecule has 0 saturated heterocycles. The number of hydrogen-bond acceptors (Lipinski definition) is 4. The van der Waals surface area contributed by atoms with E-state index in [0.717, 1.165) is 22.0 Å². The van der Waals surface area contributed by atoms with Gasteiger partial charge in [0.25, 0.3) is 0 Å². The topological polar surface area (TPSA) is 68.4 Å². The van der Waals surface area contributed by atoms with E-state index in [1.807, 2.05) is 24.4 Å². The molecule has 0 aliphatic rings. The van der Waals surface area contributed by atoms with E-state index in [9.17, 15) is 9.59 Å². The molecular formula is C14H15NO4. The van der Waals surface area contributed by atoms with Crippen molar-refractivity contribution in [2.75, 3.05) is 0 Å². The summed E-state index contributed by atoms with van der Waals surface area (Å²) >= 11 is 0. The van der Waals surface area contributed by atoms with Crippen LogP contribution >= 0.6 is 0 Å². The van der Waals surface area contributed by atoms with Crippen LogP contribution in [-0.4, -0.2) is 16.9 Å². The van der Waals surface area contributed by atoms with Crippen molar-refractivity contribution in [1.82, 2.24) is 4.98 Å². The van der Waals surface area contributed by atoms with E-state index >= 15 is 0 Å². The minimum Gasteiger partial charge on any atom is -0.461 e. The first-order valence-corrected chi connectivity index (χ1v) is 5.92. The second-order valence-electron chi connectivity index (χ2n) is 4.25. The molecule has 1 aromatic carbocycles. The molecule has 19 heavy (non-hydrogen) atoms. The summed E-state index contributed by atoms with van der Waals surface area (Å²) in [6, 6.07) is 5.76. The van der Waals surface area contributed by atoms with E-state index in [0.29, 0.717) is 0 Å². The summed E-state index contributed by atoms with van der Waals surface area (Å²) in [5, 5.41) is 1.02. The van der Waals surface area contributed by atoms with E-state index in [1.54, 1.807) is 0 Å². The monoisotopic (exact) mass is 261 g/mol. The lowest BCUT2D eigenvalue weighted by molar-refractivity contribution is -0.143. The molecule has 0 spiro atoms. The van der Waals surface area contributed by atoms with Crippen LogP contribution in [0.2, 0.25) is 0 Å². The Kier molecular flexibility index (Phi) is 3.85. The lowest BCUT2D eigenvalue weighted by Crippen LogP contribution is -2.05. The van der Waals surface area contributed by atoms with Crippen molar-refractivity contribution in [3.8, 4) is 0 Å². The molecule has 0 unspecified atom stereocenters. The van der Waals surface area contributed by atoms with Gasteiger partial charge in [0.05, 0.1) is 0 Å². The number of ether oxygens (including phenoxy) is 2. The summed E-state index contributed by atoms with van der Waals surface area (Å²) < 4.78 is 10.0.